The minimum absolute atomic E-state index is 0.631. The van der Waals surface area contributed by atoms with Crippen LogP contribution in [0.15, 0.2) is 18.2 Å². The smallest absolute Gasteiger partial charge is 0.127 e. The van der Waals surface area contributed by atoms with Crippen LogP contribution in [0.2, 0.25) is 10.0 Å². The van der Waals surface area contributed by atoms with E-state index in [9.17, 15) is 0 Å². The van der Waals surface area contributed by atoms with Gasteiger partial charge in [0.25, 0.3) is 0 Å². The van der Waals surface area contributed by atoms with E-state index in [1.807, 2.05) is 12.1 Å². The van der Waals surface area contributed by atoms with Crippen LogP contribution in [0.4, 0.5) is 0 Å². The lowest BCUT2D eigenvalue weighted by Gasteiger charge is -2.18. The SMILES string of the molecule is CC[NH+](CC[NH+](C)C)Cc1ccc(Cl)c(Cl)c1. The van der Waals surface area contributed by atoms with Crippen molar-refractivity contribution in [2.24, 2.45) is 0 Å². The molecule has 0 fully saturated rings. The van der Waals surface area contributed by atoms with Crippen LogP contribution in [0.25, 0.3) is 0 Å². The van der Waals surface area contributed by atoms with Gasteiger partial charge in [-0.1, -0.05) is 29.3 Å². The second-order valence-corrected chi connectivity index (χ2v) is 5.55. The Hall–Kier alpha value is -0.280. The number of hydrogen-bond donors (Lipinski definition) is 2. The van der Waals surface area contributed by atoms with E-state index >= 15 is 0 Å². The number of nitrogens with one attached hydrogen (secondary N) is 2. The molecule has 0 amide bonds. The Balaban J connectivity index is 2.57. The summed E-state index contributed by atoms with van der Waals surface area (Å²) in [6, 6.07) is 5.91. The summed E-state index contributed by atoms with van der Waals surface area (Å²) >= 11 is 11.9. The highest BCUT2D eigenvalue weighted by Crippen LogP contribution is 2.22. The summed E-state index contributed by atoms with van der Waals surface area (Å²) in [6.45, 7) is 6.73. The summed E-state index contributed by atoms with van der Waals surface area (Å²) in [7, 11) is 4.37. The van der Waals surface area contributed by atoms with E-state index in [0.29, 0.717) is 10.0 Å². The average molecular weight is 277 g/mol. The van der Waals surface area contributed by atoms with Crippen LogP contribution in [-0.4, -0.2) is 33.7 Å². The molecule has 0 bridgehead atoms. The van der Waals surface area contributed by atoms with E-state index in [4.69, 9.17) is 23.2 Å². The van der Waals surface area contributed by atoms with Crippen molar-refractivity contribution in [2.45, 2.75) is 13.5 Å². The lowest BCUT2D eigenvalue weighted by atomic mass is 10.2. The number of quaternary nitrogens is 2. The van der Waals surface area contributed by atoms with Crippen molar-refractivity contribution < 1.29 is 9.80 Å². The topological polar surface area (TPSA) is 8.88 Å². The third kappa shape index (κ3) is 5.26. The summed E-state index contributed by atoms with van der Waals surface area (Å²) in [5, 5.41) is 1.28. The van der Waals surface area contributed by atoms with Gasteiger partial charge in [0.2, 0.25) is 0 Å². The molecule has 17 heavy (non-hydrogen) atoms. The molecule has 0 heterocycles. The van der Waals surface area contributed by atoms with Gasteiger partial charge in [-0.05, 0) is 19.1 Å². The Bertz CT molecular complexity index is 353. The molecule has 0 aliphatic heterocycles. The van der Waals surface area contributed by atoms with Crippen LogP contribution in [0.1, 0.15) is 12.5 Å². The van der Waals surface area contributed by atoms with Gasteiger partial charge in [0.1, 0.15) is 19.6 Å². The molecule has 1 atom stereocenters. The maximum absolute atomic E-state index is 6.02. The molecule has 96 valence electrons. The molecule has 1 aromatic carbocycles. The van der Waals surface area contributed by atoms with Gasteiger partial charge >= 0.3 is 0 Å². The predicted molar refractivity (Wildman–Crippen MR) is 74.2 cm³/mol. The fraction of sp³-hybridized carbons (Fsp3) is 0.538. The minimum Gasteiger partial charge on any atom is -0.335 e. The molecule has 2 N–H and O–H groups in total. The van der Waals surface area contributed by atoms with Crippen LogP contribution >= 0.6 is 23.2 Å². The molecular formula is C13H22Cl2N2+2. The molecule has 2 nitrogen and oxygen atoms in total. The molecule has 0 aromatic heterocycles. The number of benzene rings is 1. The highest BCUT2D eigenvalue weighted by molar-refractivity contribution is 6.41. The summed E-state index contributed by atoms with van der Waals surface area (Å²) in [6.07, 6.45) is 0. The maximum atomic E-state index is 6.02. The first kappa shape index (κ1) is 14.8. The van der Waals surface area contributed by atoms with Crippen molar-refractivity contribution in [1.29, 1.82) is 0 Å². The summed E-state index contributed by atoms with van der Waals surface area (Å²) in [5.74, 6) is 0. The molecule has 1 aromatic rings. The molecule has 4 heteroatoms. The number of likely N-dealkylation sites (N-methyl/N-ethyl adjacent to an activating group) is 2. The molecule has 1 rings (SSSR count). The van der Waals surface area contributed by atoms with Crippen molar-refractivity contribution >= 4 is 23.2 Å². The minimum atomic E-state index is 0.631. The Morgan fingerprint density at radius 3 is 2.29 bits per heavy atom. The van der Waals surface area contributed by atoms with Crippen molar-refractivity contribution in [3.8, 4) is 0 Å². The van der Waals surface area contributed by atoms with Gasteiger partial charge in [-0.3, -0.25) is 0 Å². The monoisotopic (exact) mass is 276 g/mol. The normalized spacial score (nSPS) is 13.1. The molecular weight excluding hydrogens is 255 g/mol. The third-order valence-corrected chi connectivity index (χ3v) is 3.66. The van der Waals surface area contributed by atoms with Crippen molar-refractivity contribution in [3.63, 3.8) is 0 Å². The highest BCUT2D eigenvalue weighted by atomic mass is 35.5. The van der Waals surface area contributed by atoms with Crippen LogP contribution in [0.5, 0.6) is 0 Å². The van der Waals surface area contributed by atoms with Gasteiger partial charge in [0.05, 0.1) is 30.7 Å². The van der Waals surface area contributed by atoms with Crippen LogP contribution in [0.3, 0.4) is 0 Å². The van der Waals surface area contributed by atoms with Crippen molar-refractivity contribution in [3.05, 3.63) is 33.8 Å². The molecule has 0 saturated carbocycles. The fourth-order valence-electron chi connectivity index (χ4n) is 1.76. The van der Waals surface area contributed by atoms with Gasteiger partial charge in [-0.2, -0.15) is 0 Å². The van der Waals surface area contributed by atoms with Gasteiger partial charge in [0.15, 0.2) is 0 Å². The van der Waals surface area contributed by atoms with E-state index < -0.39 is 0 Å². The first-order chi connectivity index (χ1) is 8.02. The standard InChI is InChI=1S/C13H20Cl2N2/c1-4-17(8-7-16(2)3)10-11-5-6-12(14)13(15)9-11/h5-6,9H,4,7-8,10H2,1-3H3/p+2. The molecule has 0 spiro atoms. The fourth-order valence-corrected chi connectivity index (χ4v) is 2.08. The molecule has 0 radical (unpaired) electrons. The van der Waals surface area contributed by atoms with Crippen LogP contribution < -0.4 is 9.80 Å². The second kappa shape index (κ2) is 7.22. The van der Waals surface area contributed by atoms with E-state index in [1.165, 1.54) is 23.6 Å². The van der Waals surface area contributed by atoms with E-state index in [2.05, 4.69) is 27.1 Å². The van der Waals surface area contributed by atoms with Gasteiger partial charge in [0, 0.05) is 5.56 Å². The zero-order chi connectivity index (χ0) is 12.8. The second-order valence-electron chi connectivity index (χ2n) is 4.74. The lowest BCUT2D eigenvalue weighted by molar-refractivity contribution is -0.949. The van der Waals surface area contributed by atoms with Crippen LogP contribution in [0, 0.1) is 0 Å². The molecule has 0 saturated heterocycles. The first-order valence-corrected chi connectivity index (χ1v) is 6.85. The summed E-state index contributed by atoms with van der Waals surface area (Å²) in [4.78, 5) is 3.06. The number of hydrogen-bond acceptors (Lipinski definition) is 0. The zero-order valence-electron chi connectivity index (χ0n) is 10.8. The van der Waals surface area contributed by atoms with Gasteiger partial charge in [-0.25, -0.2) is 0 Å². The van der Waals surface area contributed by atoms with Crippen molar-refractivity contribution in [1.82, 2.24) is 0 Å². The lowest BCUT2D eigenvalue weighted by Crippen LogP contribution is -3.17. The van der Waals surface area contributed by atoms with Crippen LogP contribution in [-0.2, 0) is 6.54 Å². The Morgan fingerprint density at radius 2 is 1.76 bits per heavy atom. The first-order valence-electron chi connectivity index (χ1n) is 6.09. The number of halogens is 2. The molecule has 0 aliphatic rings. The number of rotatable bonds is 6. The van der Waals surface area contributed by atoms with Crippen molar-refractivity contribution in [2.75, 3.05) is 33.7 Å². The quantitative estimate of drug-likeness (QED) is 0.751. The third-order valence-electron chi connectivity index (χ3n) is 2.92. The zero-order valence-corrected chi connectivity index (χ0v) is 12.3. The predicted octanol–water partition coefficient (Wildman–Crippen LogP) is 0.543. The molecule has 1 unspecified atom stereocenters. The van der Waals surface area contributed by atoms with E-state index in [1.54, 1.807) is 4.90 Å². The Labute approximate surface area is 114 Å². The summed E-state index contributed by atoms with van der Waals surface area (Å²) < 4.78 is 0. The van der Waals surface area contributed by atoms with E-state index in [-0.39, 0.29) is 0 Å². The Kier molecular flexibility index (Phi) is 6.28. The largest absolute Gasteiger partial charge is 0.335 e. The van der Waals surface area contributed by atoms with Gasteiger partial charge < -0.3 is 9.80 Å². The van der Waals surface area contributed by atoms with E-state index in [0.717, 1.165) is 13.1 Å². The maximum Gasteiger partial charge on any atom is 0.127 e. The van der Waals surface area contributed by atoms with Gasteiger partial charge in [-0.15, -0.1) is 0 Å². The average Bonchev–Trinajstić information content (AvgIpc) is 2.28. The Morgan fingerprint density at radius 1 is 1.06 bits per heavy atom. The molecule has 0 aliphatic carbocycles. The summed E-state index contributed by atoms with van der Waals surface area (Å²) in [5.41, 5.74) is 1.25. The highest BCUT2D eigenvalue weighted by Gasteiger charge is 2.10.